The Balaban J connectivity index is 1.73. The number of guanidine groups is 1. The van der Waals surface area contributed by atoms with Gasteiger partial charge in [-0.25, -0.2) is 4.98 Å². The average molecular weight is 302 g/mol. The van der Waals surface area contributed by atoms with Crippen molar-refractivity contribution in [2.24, 2.45) is 4.99 Å². The monoisotopic (exact) mass is 302 g/mol. The lowest BCUT2D eigenvalue weighted by Crippen LogP contribution is -2.37. The van der Waals surface area contributed by atoms with E-state index in [-0.39, 0.29) is 0 Å². The van der Waals surface area contributed by atoms with Crippen LogP contribution in [0.1, 0.15) is 22.4 Å². The van der Waals surface area contributed by atoms with Crippen molar-refractivity contribution in [2.45, 2.75) is 26.3 Å². The molecule has 0 aliphatic rings. The molecule has 0 saturated carbocycles. The molecule has 112 valence electrons. The number of nitrogens with one attached hydrogen (secondary N) is 2. The molecule has 0 spiro atoms. The summed E-state index contributed by atoms with van der Waals surface area (Å²) in [7, 11) is 1.79. The van der Waals surface area contributed by atoms with E-state index in [1.807, 2.05) is 12.3 Å². The zero-order valence-corrected chi connectivity index (χ0v) is 13.4. The molecule has 1 aromatic carbocycles. The molecule has 0 atom stereocenters. The number of hydrogen-bond donors (Lipinski definition) is 2. The molecule has 2 rings (SSSR count). The molecule has 1 heterocycles. The van der Waals surface area contributed by atoms with Crippen molar-refractivity contribution in [1.82, 2.24) is 15.6 Å². The summed E-state index contributed by atoms with van der Waals surface area (Å²) in [5.41, 5.74) is 1.33. The van der Waals surface area contributed by atoms with Gasteiger partial charge in [-0.15, -0.1) is 11.3 Å². The fraction of sp³-hybridized carbons (Fsp3) is 0.375. The highest BCUT2D eigenvalue weighted by Gasteiger charge is 2.02. The van der Waals surface area contributed by atoms with Crippen molar-refractivity contribution in [1.29, 1.82) is 0 Å². The van der Waals surface area contributed by atoms with Crippen molar-refractivity contribution in [3.8, 4) is 0 Å². The molecule has 1 aromatic heterocycles. The van der Waals surface area contributed by atoms with E-state index >= 15 is 0 Å². The maximum absolute atomic E-state index is 4.39. The zero-order valence-electron chi connectivity index (χ0n) is 12.6. The van der Waals surface area contributed by atoms with Crippen molar-refractivity contribution in [2.75, 3.05) is 13.6 Å². The summed E-state index contributed by atoms with van der Waals surface area (Å²) < 4.78 is 0. The van der Waals surface area contributed by atoms with Crippen LogP contribution >= 0.6 is 11.3 Å². The predicted molar refractivity (Wildman–Crippen MR) is 89.8 cm³/mol. The normalized spacial score (nSPS) is 11.4. The van der Waals surface area contributed by atoms with Gasteiger partial charge in [0.2, 0.25) is 0 Å². The van der Waals surface area contributed by atoms with Crippen LogP contribution in [0.5, 0.6) is 0 Å². The van der Waals surface area contributed by atoms with Gasteiger partial charge in [0.1, 0.15) is 5.01 Å². The SMILES string of the molecule is CCc1cnc(CNC(=NC)NCCc2ccccc2)s1. The molecular weight excluding hydrogens is 280 g/mol. The first kappa shape index (κ1) is 15.5. The molecule has 2 N–H and O–H groups in total. The second kappa shape index (κ2) is 8.42. The smallest absolute Gasteiger partial charge is 0.191 e. The van der Waals surface area contributed by atoms with Gasteiger partial charge in [-0.3, -0.25) is 4.99 Å². The summed E-state index contributed by atoms with van der Waals surface area (Å²) in [5.74, 6) is 0.819. The Hall–Kier alpha value is -1.88. The van der Waals surface area contributed by atoms with Gasteiger partial charge < -0.3 is 10.6 Å². The van der Waals surface area contributed by atoms with E-state index in [0.717, 1.165) is 36.9 Å². The third kappa shape index (κ3) is 5.19. The minimum Gasteiger partial charge on any atom is -0.356 e. The van der Waals surface area contributed by atoms with Crippen LogP contribution in [0, 0.1) is 0 Å². The highest BCUT2D eigenvalue weighted by molar-refractivity contribution is 7.11. The van der Waals surface area contributed by atoms with Crippen LogP contribution < -0.4 is 10.6 Å². The quantitative estimate of drug-likeness (QED) is 0.637. The summed E-state index contributed by atoms with van der Waals surface area (Å²) in [6, 6.07) is 10.4. The Bertz CT molecular complexity index is 563. The first-order valence-electron chi connectivity index (χ1n) is 7.24. The maximum Gasteiger partial charge on any atom is 0.191 e. The van der Waals surface area contributed by atoms with Gasteiger partial charge in [0, 0.05) is 24.7 Å². The maximum atomic E-state index is 4.39. The summed E-state index contributed by atoms with van der Waals surface area (Å²) in [6.45, 7) is 3.73. The number of aryl methyl sites for hydroxylation is 1. The van der Waals surface area contributed by atoms with Gasteiger partial charge >= 0.3 is 0 Å². The second-order valence-corrected chi connectivity index (χ2v) is 5.86. The number of aromatic nitrogens is 1. The Kier molecular flexibility index (Phi) is 6.22. The van der Waals surface area contributed by atoms with Crippen LogP contribution in [0.4, 0.5) is 0 Å². The summed E-state index contributed by atoms with van der Waals surface area (Å²) in [5, 5.41) is 7.72. The Morgan fingerprint density at radius 1 is 1.24 bits per heavy atom. The Morgan fingerprint density at radius 3 is 2.71 bits per heavy atom. The molecule has 21 heavy (non-hydrogen) atoms. The highest BCUT2D eigenvalue weighted by Crippen LogP contribution is 2.12. The summed E-state index contributed by atoms with van der Waals surface area (Å²) >= 11 is 1.75. The largest absolute Gasteiger partial charge is 0.356 e. The topological polar surface area (TPSA) is 49.3 Å². The number of thiazole rings is 1. The lowest BCUT2D eigenvalue weighted by molar-refractivity contribution is 0.791. The van der Waals surface area contributed by atoms with Gasteiger partial charge in [-0.2, -0.15) is 0 Å². The highest BCUT2D eigenvalue weighted by atomic mass is 32.1. The van der Waals surface area contributed by atoms with Crippen LogP contribution in [0.15, 0.2) is 41.5 Å². The van der Waals surface area contributed by atoms with E-state index in [4.69, 9.17) is 0 Å². The lowest BCUT2D eigenvalue weighted by atomic mass is 10.1. The fourth-order valence-corrected chi connectivity index (χ4v) is 2.75. The zero-order chi connectivity index (χ0) is 14.9. The second-order valence-electron chi connectivity index (χ2n) is 4.66. The predicted octanol–water partition coefficient (Wildman–Crippen LogP) is 2.61. The first-order chi connectivity index (χ1) is 10.3. The van der Waals surface area contributed by atoms with Crippen LogP contribution in [0.2, 0.25) is 0 Å². The number of benzene rings is 1. The first-order valence-corrected chi connectivity index (χ1v) is 8.05. The number of rotatable bonds is 6. The third-order valence-electron chi connectivity index (χ3n) is 3.13. The van der Waals surface area contributed by atoms with Gasteiger partial charge in [-0.1, -0.05) is 37.3 Å². The van der Waals surface area contributed by atoms with Gasteiger partial charge in [0.05, 0.1) is 6.54 Å². The van der Waals surface area contributed by atoms with Gasteiger partial charge in [-0.05, 0) is 18.4 Å². The molecule has 0 aliphatic heterocycles. The molecular formula is C16H22N4S. The third-order valence-corrected chi connectivity index (χ3v) is 4.27. The van der Waals surface area contributed by atoms with E-state index in [0.29, 0.717) is 0 Å². The average Bonchev–Trinajstić information content (AvgIpc) is 3.00. The van der Waals surface area contributed by atoms with Crippen LogP contribution in [-0.4, -0.2) is 24.5 Å². The minimum atomic E-state index is 0.718. The lowest BCUT2D eigenvalue weighted by Gasteiger charge is -2.10. The summed E-state index contributed by atoms with van der Waals surface area (Å²) in [6.07, 6.45) is 3.98. The standard InChI is InChI=1S/C16H22N4S/c1-3-14-11-19-15(21-14)12-20-16(17-2)18-10-9-13-7-5-4-6-8-13/h4-8,11H,3,9-10,12H2,1-2H3,(H2,17,18,20). The fourth-order valence-electron chi connectivity index (χ4n) is 1.94. The number of nitrogens with zero attached hydrogens (tertiary/aromatic N) is 2. The van der Waals surface area contributed by atoms with Crippen LogP contribution in [-0.2, 0) is 19.4 Å². The van der Waals surface area contributed by atoms with Crippen molar-refractivity contribution >= 4 is 17.3 Å². The van der Waals surface area contributed by atoms with E-state index in [2.05, 4.69) is 51.8 Å². The molecule has 2 aromatic rings. The van der Waals surface area contributed by atoms with Crippen LogP contribution in [0.3, 0.4) is 0 Å². The number of aliphatic imine (C=N–C) groups is 1. The molecule has 0 radical (unpaired) electrons. The molecule has 5 heteroatoms. The molecule has 0 saturated heterocycles. The number of hydrogen-bond acceptors (Lipinski definition) is 3. The molecule has 0 aliphatic carbocycles. The summed E-state index contributed by atoms with van der Waals surface area (Å²) in [4.78, 5) is 9.95. The van der Waals surface area contributed by atoms with Crippen LogP contribution in [0.25, 0.3) is 0 Å². The van der Waals surface area contributed by atoms with Crippen molar-refractivity contribution < 1.29 is 0 Å². The van der Waals surface area contributed by atoms with E-state index in [1.54, 1.807) is 18.4 Å². The van der Waals surface area contributed by atoms with E-state index in [9.17, 15) is 0 Å². The Labute approximate surface area is 130 Å². The molecule has 0 unspecified atom stereocenters. The van der Waals surface area contributed by atoms with Gasteiger partial charge in [0.25, 0.3) is 0 Å². The minimum absolute atomic E-state index is 0.718. The molecule has 4 nitrogen and oxygen atoms in total. The molecule has 0 fully saturated rings. The van der Waals surface area contributed by atoms with E-state index in [1.165, 1.54) is 10.4 Å². The van der Waals surface area contributed by atoms with Gasteiger partial charge in [0.15, 0.2) is 5.96 Å². The van der Waals surface area contributed by atoms with Crippen molar-refractivity contribution in [3.05, 3.63) is 52.0 Å². The molecule has 0 amide bonds. The Morgan fingerprint density at radius 2 is 2.05 bits per heavy atom. The molecule has 0 bridgehead atoms. The van der Waals surface area contributed by atoms with E-state index < -0.39 is 0 Å². The van der Waals surface area contributed by atoms with Crippen molar-refractivity contribution in [3.63, 3.8) is 0 Å².